The van der Waals surface area contributed by atoms with Crippen molar-refractivity contribution in [1.82, 2.24) is 9.03 Å². The minimum atomic E-state index is -3.36. The smallest absolute Gasteiger partial charge is 0.329 e. The van der Waals surface area contributed by atoms with Gasteiger partial charge >= 0.3 is 5.97 Å². The Hall–Kier alpha value is -0.700. The van der Waals surface area contributed by atoms with Crippen LogP contribution in [-0.2, 0) is 19.7 Å². The van der Waals surface area contributed by atoms with E-state index in [-0.39, 0.29) is 12.7 Å². The van der Waals surface area contributed by atoms with Crippen LogP contribution in [0.4, 0.5) is 0 Å². The van der Waals surface area contributed by atoms with E-state index >= 15 is 0 Å². The van der Waals surface area contributed by atoms with Gasteiger partial charge in [-0.2, -0.15) is 12.7 Å². The first-order valence-corrected chi connectivity index (χ1v) is 6.41. The Morgan fingerprint density at radius 2 is 2.06 bits per heavy atom. The van der Waals surface area contributed by atoms with Gasteiger partial charge in [0.15, 0.2) is 0 Å². The first-order chi connectivity index (χ1) is 7.45. The van der Waals surface area contributed by atoms with Crippen molar-refractivity contribution < 1.29 is 23.1 Å². The van der Waals surface area contributed by atoms with Crippen molar-refractivity contribution in [2.75, 3.05) is 26.7 Å². The Labute approximate surface area is 94.6 Å². The fraction of sp³-hybridized carbons (Fsp3) is 0.875. The van der Waals surface area contributed by atoms with E-state index in [1.54, 1.807) is 0 Å². The molecule has 0 aromatic heterocycles. The summed E-state index contributed by atoms with van der Waals surface area (Å²) < 4.78 is 31.5. The van der Waals surface area contributed by atoms with Gasteiger partial charge in [-0.05, 0) is 12.8 Å². The molecule has 1 heterocycles. The number of ether oxygens (including phenoxy) is 1. The summed E-state index contributed by atoms with van der Waals surface area (Å²) >= 11 is 0. The second-order valence-electron chi connectivity index (χ2n) is 3.51. The molecule has 8 heteroatoms. The van der Waals surface area contributed by atoms with Crippen LogP contribution in [0.1, 0.15) is 12.8 Å². The number of nitrogens with zero attached hydrogens (tertiary/aromatic N) is 1. The van der Waals surface area contributed by atoms with Crippen molar-refractivity contribution >= 4 is 16.2 Å². The van der Waals surface area contributed by atoms with Gasteiger partial charge in [0.05, 0.1) is 6.10 Å². The lowest BCUT2D eigenvalue weighted by atomic mass is 10.1. The van der Waals surface area contributed by atoms with Crippen LogP contribution in [0.15, 0.2) is 0 Å². The first-order valence-electron chi connectivity index (χ1n) is 4.97. The highest BCUT2D eigenvalue weighted by atomic mass is 32.2. The maximum absolute atomic E-state index is 11.4. The minimum Gasteiger partial charge on any atom is -0.480 e. The average Bonchev–Trinajstić information content (AvgIpc) is 2.27. The zero-order chi connectivity index (χ0) is 12.2. The number of carboxylic acids is 1. The highest BCUT2D eigenvalue weighted by Gasteiger charge is 2.27. The van der Waals surface area contributed by atoms with Crippen molar-refractivity contribution in [1.29, 1.82) is 0 Å². The predicted molar refractivity (Wildman–Crippen MR) is 56.2 cm³/mol. The van der Waals surface area contributed by atoms with Gasteiger partial charge < -0.3 is 9.84 Å². The summed E-state index contributed by atoms with van der Waals surface area (Å²) in [5, 5.41) is 8.42. The van der Waals surface area contributed by atoms with Gasteiger partial charge in [0.25, 0.3) is 10.2 Å². The number of aliphatic carboxylic acids is 1. The normalized spacial score (nSPS) is 19.8. The summed E-state index contributed by atoms with van der Waals surface area (Å²) in [6.45, 7) is 0.379. The molecule has 1 fully saturated rings. The molecule has 1 aliphatic rings. The van der Waals surface area contributed by atoms with E-state index in [4.69, 9.17) is 9.84 Å². The van der Waals surface area contributed by atoms with Crippen LogP contribution in [0.2, 0.25) is 0 Å². The monoisotopic (exact) mass is 252 g/mol. The Balaban J connectivity index is 2.37. The van der Waals surface area contributed by atoms with Gasteiger partial charge in [0, 0.05) is 20.1 Å². The minimum absolute atomic E-state index is 0.167. The van der Waals surface area contributed by atoms with Crippen molar-refractivity contribution in [3.63, 3.8) is 0 Å². The molecule has 0 spiro atoms. The van der Waals surface area contributed by atoms with Gasteiger partial charge in [0.2, 0.25) is 0 Å². The molecule has 0 aromatic rings. The van der Waals surface area contributed by atoms with E-state index in [0.717, 1.165) is 0 Å². The fourth-order valence-electron chi connectivity index (χ4n) is 1.56. The summed E-state index contributed by atoms with van der Waals surface area (Å²) in [4.78, 5) is 10.3. The molecule has 16 heavy (non-hydrogen) atoms. The first kappa shape index (κ1) is 13.4. The Bertz CT molecular complexity index is 334. The Morgan fingerprint density at radius 1 is 1.50 bits per heavy atom. The quantitative estimate of drug-likeness (QED) is 0.655. The van der Waals surface area contributed by atoms with E-state index in [1.165, 1.54) is 11.4 Å². The molecule has 0 unspecified atom stereocenters. The van der Waals surface area contributed by atoms with E-state index in [1.807, 2.05) is 0 Å². The molecule has 1 rings (SSSR count). The summed E-state index contributed by atoms with van der Waals surface area (Å²) in [7, 11) is -2.00. The van der Waals surface area contributed by atoms with Gasteiger partial charge in [-0.25, -0.2) is 9.52 Å². The molecular weight excluding hydrogens is 236 g/mol. The molecule has 1 saturated heterocycles. The second-order valence-corrected chi connectivity index (χ2v) is 5.39. The van der Waals surface area contributed by atoms with Gasteiger partial charge in [-0.3, -0.25) is 0 Å². The van der Waals surface area contributed by atoms with E-state index < -0.39 is 16.2 Å². The van der Waals surface area contributed by atoms with Gasteiger partial charge in [0.1, 0.15) is 6.61 Å². The third kappa shape index (κ3) is 3.71. The molecule has 1 aliphatic heterocycles. The second kappa shape index (κ2) is 5.58. The summed E-state index contributed by atoms with van der Waals surface area (Å²) in [6, 6.07) is 0. The number of hydrogen-bond donors (Lipinski definition) is 2. The van der Waals surface area contributed by atoms with E-state index in [9.17, 15) is 13.2 Å². The lowest BCUT2D eigenvalue weighted by Crippen LogP contribution is -2.45. The topological polar surface area (TPSA) is 95.9 Å². The average molecular weight is 252 g/mol. The van der Waals surface area contributed by atoms with Crippen LogP contribution in [0.25, 0.3) is 0 Å². The molecule has 94 valence electrons. The zero-order valence-electron chi connectivity index (χ0n) is 9.05. The highest BCUT2D eigenvalue weighted by molar-refractivity contribution is 7.87. The van der Waals surface area contributed by atoms with Crippen LogP contribution in [0.3, 0.4) is 0 Å². The van der Waals surface area contributed by atoms with Crippen LogP contribution in [0, 0.1) is 0 Å². The molecule has 0 radical (unpaired) electrons. The lowest BCUT2D eigenvalue weighted by molar-refractivity contribution is -0.145. The lowest BCUT2D eigenvalue weighted by Gasteiger charge is -2.30. The van der Waals surface area contributed by atoms with Crippen molar-refractivity contribution in [2.24, 2.45) is 0 Å². The third-order valence-electron chi connectivity index (χ3n) is 2.44. The molecular formula is C8H16N2O5S. The molecule has 0 aromatic carbocycles. The van der Waals surface area contributed by atoms with Crippen LogP contribution >= 0.6 is 0 Å². The van der Waals surface area contributed by atoms with Crippen molar-refractivity contribution in [3.05, 3.63) is 0 Å². The summed E-state index contributed by atoms with van der Waals surface area (Å²) in [5.41, 5.74) is 0. The van der Waals surface area contributed by atoms with Crippen molar-refractivity contribution in [3.8, 4) is 0 Å². The molecule has 0 aliphatic carbocycles. The molecule has 0 atom stereocenters. The molecule has 2 N–H and O–H groups in total. The van der Waals surface area contributed by atoms with Gasteiger partial charge in [-0.1, -0.05) is 0 Å². The fourth-order valence-corrected chi connectivity index (χ4v) is 2.51. The van der Waals surface area contributed by atoms with Crippen molar-refractivity contribution in [2.45, 2.75) is 18.9 Å². The van der Waals surface area contributed by atoms with Crippen LogP contribution in [0.5, 0.6) is 0 Å². The number of carbonyl (C=O) groups is 1. The molecule has 0 amide bonds. The summed E-state index contributed by atoms with van der Waals surface area (Å²) in [6.07, 6.45) is 0.877. The van der Waals surface area contributed by atoms with Crippen LogP contribution < -0.4 is 4.72 Å². The largest absolute Gasteiger partial charge is 0.480 e. The maximum Gasteiger partial charge on any atom is 0.329 e. The SMILES string of the molecule is CNS(=O)(=O)N1CCC(OCC(=O)O)CC1. The van der Waals surface area contributed by atoms with E-state index in [2.05, 4.69) is 4.72 Å². The Kier molecular flexibility index (Phi) is 4.66. The predicted octanol–water partition coefficient (Wildman–Crippen LogP) is -0.984. The zero-order valence-corrected chi connectivity index (χ0v) is 9.87. The molecule has 7 nitrogen and oxygen atoms in total. The standard InChI is InChI=1S/C8H16N2O5S/c1-9-16(13,14)10-4-2-7(3-5-10)15-6-8(11)12/h7,9H,2-6H2,1H3,(H,11,12). The highest BCUT2D eigenvalue weighted by Crippen LogP contribution is 2.15. The summed E-state index contributed by atoms with van der Waals surface area (Å²) in [5.74, 6) is -1.01. The molecule has 0 saturated carbocycles. The third-order valence-corrected chi connectivity index (χ3v) is 4.00. The maximum atomic E-state index is 11.4. The van der Waals surface area contributed by atoms with Crippen LogP contribution in [-0.4, -0.2) is 56.6 Å². The Morgan fingerprint density at radius 3 is 2.50 bits per heavy atom. The number of nitrogens with one attached hydrogen (secondary N) is 1. The number of piperidine rings is 1. The number of rotatable bonds is 5. The molecule has 0 bridgehead atoms. The van der Waals surface area contributed by atoms with Gasteiger partial charge in [-0.15, -0.1) is 0 Å². The number of carboxylic acid groups (broad SMARTS) is 1. The van der Waals surface area contributed by atoms with E-state index in [0.29, 0.717) is 25.9 Å². The number of hydrogen-bond acceptors (Lipinski definition) is 4.